The van der Waals surface area contributed by atoms with Crippen LogP contribution in [-0.2, 0) is 20.1 Å². The van der Waals surface area contributed by atoms with Crippen LogP contribution >= 0.6 is 0 Å². The van der Waals surface area contributed by atoms with Gasteiger partial charge in [0.2, 0.25) is 0 Å². The van der Waals surface area contributed by atoms with E-state index in [9.17, 15) is 4.79 Å². The fraction of sp³-hybridized carbons (Fsp3) is 0.200. The summed E-state index contributed by atoms with van der Waals surface area (Å²) in [6.07, 6.45) is 1.80. The van der Waals surface area contributed by atoms with Gasteiger partial charge in [0.05, 0.1) is 24.1 Å². The third-order valence-electron chi connectivity index (χ3n) is 4.79. The fourth-order valence-corrected chi connectivity index (χ4v) is 3.38. The van der Waals surface area contributed by atoms with Gasteiger partial charge in [0, 0.05) is 24.7 Å². The highest BCUT2D eigenvalue weighted by Gasteiger charge is 2.27. The van der Waals surface area contributed by atoms with E-state index in [4.69, 9.17) is 5.73 Å². The molecule has 1 aromatic heterocycles. The Morgan fingerprint density at radius 2 is 2.08 bits per heavy atom. The standard InChI is InChI=1S/C20H21N5O/c1-13-9-14(10-21)7-8-16(13)20(26)25-12-15-11-22-24(2)19(15)23-17-5-3-4-6-18(17)25/h3-9,11,23H,10,12,21H2,1-2H3. The number of carbonyl (C=O) groups excluding carboxylic acids is 1. The second-order valence-electron chi connectivity index (χ2n) is 6.53. The zero-order valence-corrected chi connectivity index (χ0v) is 14.9. The minimum atomic E-state index is -0.0305. The van der Waals surface area contributed by atoms with Crippen LogP contribution in [0.3, 0.4) is 0 Å². The van der Waals surface area contributed by atoms with Crippen molar-refractivity contribution in [2.75, 3.05) is 10.2 Å². The van der Waals surface area contributed by atoms with Crippen molar-refractivity contribution in [1.29, 1.82) is 0 Å². The van der Waals surface area contributed by atoms with Crippen molar-refractivity contribution < 1.29 is 4.79 Å². The summed E-state index contributed by atoms with van der Waals surface area (Å²) >= 11 is 0. The summed E-state index contributed by atoms with van der Waals surface area (Å²) in [6, 6.07) is 13.6. The quantitative estimate of drug-likeness (QED) is 0.747. The molecule has 2 heterocycles. The molecule has 0 aliphatic carbocycles. The second-order valence-corrected chi connectivity index (χ2v) is 6.53. The van der Waals surface area contributed by atoms with Crippen molar-refractivity contribution in [3.8, 4) is 0 Å². The summed E-state index contributed by atoms with van der Waals surface area (Å²) in [6.45, 7) is 2.87. The molecule has 0 spiro atoms. The normalized spacial score (nSPS) is 12.8. The average molecular weight is 347 g/mol. The molecule has 4 rings (SSSR count). The van der Waals surface area contributed by atoms with Crippen LogP contribution in [0.5, 0.6) is 0 Å². The predicted octanol–water partition coefficient (Wildman–Crippen LogP) is 3.09. The van der Waals surface area contributed by atoms with Gasteiger partial charge in [-0.25, -0.2) is 0 Å². The zero-order valence-electron chi connectivity index (χ0n) is 14.9. The van der Waals surface area contributed by atoms with E-state index in [-0.39, 0.29) is 5.91 Å². The van der Waals surface area contributed by atoms with Gasteiger partial charge in [0.1, 0.15) is 5.82 Å². The maximum Gasteiger partial charge on any atom is 0.258 e. The van der Waals surface area contributed by atoms with Crippen LogP contribution in [0.1, 0.15) is 27.0 Å². The third-order valence-corrected chi connectivity index (χ3v) is 4.79. The number of para-hydroxylation sites is 2. The Labute approximate surface area is 152 Å². The number of nitrogens with two attached hydrogens (primary N) is 1. The number of rotatable bonds is 2. The number of carbonyl (C=O) groups is 1. The number of aryl methyl sites for hydroxylation is 2. The van der Waals surface area contributed by atoms with E-state index in [0.717, 1.165) is 33.9 Å². The maximum atomic E-state index is 13.4. The molecule has 1 amide bonds. The van der Waals surface area contributed by atoms with Crippen molar-refractivity contribution in [2.45, 2.75) is 20.0 Å². The van der Waals surface area contributed by atoms with Gasteiger partial charge in [-0.05, 0) is 36.2 Å². The second kappa shape index (κ2) is 6.31. The molecule has 0 radical (unpaired) electrons. The first-order chi connectivity index (χ1) is 12.6. The van der Waals surface area contributed by atoms with Gasteiger partial charge in [0.15, 0.2) is 0 Å². The van der Waals surface area contributed by atoms with E-state index in [1.165, 1.54) is 0 Å². The molecule has 6 nitrogen and oxygen atoms in total. The lowest BCUT2D eigenvalue weighted by atomic mass is 10.0. The maximum absolute atomic E-state index is 13.4. The van der Waals surface area contributed by atoms with Crippen molar-refractivity contribution in [3.63, 3.8) is 0 Å². The van der Waals surface area contributed by atoms with E-state index < -0.39 is 0 Å². The molecule has 26 heavy (non-hydrogen) atoms. The number of hydrogen-bond acceptors (Lipinski definition) is 4. The lowest BCUT2D eigenvalue weighted by Crippen LogP contribution is -2.30. The van der Waals surface area contributed by atoms with Gasteiger partial charge < -0.3 is 16.0 Å². The predicted molar refractivity (Wildman–Crippen MR) is 103 cm³/mol. The smallest absolute Gasteiger partial charge is 0.258 e. The van der Waals surface area contributed by atoms with E-state index >= 15 is 0 Å². The molecule has 0 atom stereocenters. The van der Waals surface area contributed by atoms with Crippen molar-refractivity contribution in [2.24, 2.45) is 12.8 Å². The summed E-state index contributed by atoms with van der Waals surface area (Å²) in [5.41, 5.74) is 11.1. The monoisotopic (exact) mass is 347 g/mol. The highest BCUT2D eigenvalue weighted by atomic mass is 16.2. The van der Waals surface area contributed by atoms with E-state index in [1.54, 1.807) is 15.8 Å². The Hall–Kier alpha value is -3.12. The van der Waals surface area contributed by atoms with Crippen molar-refractivity contribution in [3.05, 3.63) is 70.9 Å². The first-order valence-electron chi connectivity index (χ1n) is 8.57. The number of amides is 1. The van der Waals surface area contributed by atoms with Gasteiger partial charge >= 0.3 is 0 Å². The Morgan fingerprint density at radius 3 is 2.85 bits per heavy atom. The molecule has 0 bridgehead atoms. The zero-order chi connectivity index (χ0) is 18.3. The molecule has 132 valence electrons. The summed E-state index contributed by atoms with van der Waals surface area (Å²) in [5.74, 6) is 0.875. The SMILES string of the molecule is Cc1cc(CN)ccc1C(=O)N1Cc2cnn(C)c2Nc2ccccc21. The van der Waals surface area contributed by atoms with Crippen LogP contribution in [0.4, 0.5) is 17.2 Å². The number of anilines is 3. The van der Waals surface area contributed by atoms with Crippen LogP contribution in [-0.4, -0.2) is 15.7 Å². The highest BCUT2D eigenvalue weighted by molar-refractivity contribution is 6.09. The summed E-state index contributed by atoms with van der Waals surface area (Å²) < 4.78 is 1.79. The van der Waals surface area contributed by atoms with Crippen LogP contribution in [0.15, 0.2) is 48.7 Å². The van der Waals surface area contributed by atoms with Gasteiger partial charge in [-0.3, -0.25) is 9.48 Å². The number of nitrogens with zero attached hydrogens (tertiary/aromatic N) is 3. The van der Waals surface area contributed by atoms with Crippen LogP contribution in [0, 0.1) is 6.92 Å². The Kier molecular flexibility index (Phi) is 3.97. The van der Waals surface area contributed by atoms with Crippen LogP contribution in [0.2, 0.25) is 0 Å². The highest BCUT2D eigenvalue weighted by Crippen LogP contribution is 2.36. The van der Waals surface area contributed by atoms with E-state index in [2.05, 4.69) is 10.4 Å². The molecule has 1 aliphatic heterocycles. The lowest BCUT2D eigenvalue weighted by molar-refractivity contribution is 0.0985. The molecule has 2 aromatic carbocycles. The summed E-state index contributed by atoms with van der Waals surface area (Å²) in [7, 11) is 1.89. The molecular weight excluding hydrogens is 326 g/mol. The molecule has 0 fully saturated rings. The van der Waals surface area contributed by atoms with Gasteiger partial charge in [-0.15, -0.1) is 0 Å². The van der Waals surface area contributed by atoms with Crippen LogP contribution < -0.4 is 16.0 Å². The first-order valence-corrected chi connectivity index (χ1v) is 8.57. The number of nitrogens with one attached hydrogen (secondary N) is 1. The molecule has 0 saturated heterocycles. The first kappa shape index (κ1) is 16.4. The lowest BCUT2D eigenvalue weighted by Gasteiger charge is -2.23. The van der Waals surface area contributed by atoms with Gasteiger partial charge in [-0.2, -0.15) is 5.10 Å². The molecular formula is C20H21N5O. The minimum Gasteiger partial charge on any atom is -0.338 e. The van der Waals surface area contributed by atoms with Crippen LogP contribution in [0.25, 0.3) is 0 Å². The van der Waals surface area contributed by atoms with Gasteiger partial charge in [-0.1, -0.05) is 24.3 Å². The van der Waals surface area contributed by atoms with E-state index in [0.29, 0.717) is 18.7 Å². The molecule has 3 aromatic rings. The molecule has 0 unspecified atom stereocenters. The summed E-state index contributed by atoms with van der Waals surface area (Å²) in [5, 5.41) is 7.73. The molecule has 0 saturated carbocycles. The Morgan fingerprint density at radius 1 is 1.27 bits per heavy atom. The fourth-order valence-electron chi connectivity index (χ4n) is 3.38. The van der Waals surface area contributed by atoms with E-state index in [1.807, 2.05) is 56.4 Å². The Balaban J connectivity index is 1.81. The minimum absolute atomic E-state index is 0.0305. The molecule has 3 N–H and O–H groups in total. The molecule has 1 aliphatic rings. The van der Waals surface area contributed by atoms with Crippen molar-refractivity contribution >= 4 is 23.1 Å². The number of aromatic nitrogens is 2. The van der Waals surface area contributed by atoms with Crippen molar-refractivity contribution in [1.82, 2.24) is 9.78 Å². The number of benzene rings is 2. The number of fused-ring (bicyclic) bond motifs is 2. The van der Waals surface area contributed by atoms with Gasteiger partial charge in [0.25, 0.3) is 5.91 Å². The molecule has 6 heteroatoms. The summed E-state index contributed by atoms with van der Waals surface area (Å²) in [4.78, 5) is 15.2. The topological polar surface area (TPSA) is 76.2 Å². The largest absolute Gasteiger partial charge is 0.338 e. The third kappa shape index (κ3) is 2.64. The Bertz CT molecular complexity index is 992. The average Bonchev–Trinajstić information content (AvgIpc) is 2.90. The number of hydrogen-bond donors (Lipinski definition) is 2.